The van der Waals surface area contributed by atoms with Crippen LogP contribution in [0.2, 0.25) is 0 Å². The molecule has 0 bridgehead atoms. The number of rotatable bonds is 4. The van der Waals surface area contributed by atoms with Crippen LogP contribution >= 0.6 is 0 Å². The third-order valence-electron chi connectivity index (χ3n) is 5.79. The monoisotopic (exact) mass is 363 g/mol. The van der Waals surface area contributed by atoms with Crippen molar-refractivity contribution in [2.75, 3.05) is 12.3 Å². The topological polar surface area (TPSA) is 54.5 Å². The van der Waals surface area contributed by atoms with Crippen molar-refractivity contribution in [2.24, 2.45) is 5.92 Å². The summed E-state index contributed by atoms with van der Waals surface area (Å²) in [5.41, 5.74) is 2.82. The molecule has 2 aliphatic rings. The van der Waals surface area contributed by atoms with Gasteiger partial charge < -0.3 is 4.90 Å². The van der Waals surface area contributed by atoms with Crippen LogP contribution in [0.15, 0.2) is 18.2 Å². The van der Waals surface area contributed by atoms with Crippen LogP contribution in [0.5, 0.6) is 0 Å². The highest BCUT2D eigenvalue weighted by molar-refractivity contribution is 7.91. The average Bonchev–Trinajstić information content (AvgIpc) is 2.57. The summed E-state index contributed by atoms with van der Waals surface area (Å²) in [7, 11) is -3.45. The van der Waals surface area contributed by atoms with Gasteiger partial charge in [0, 0.05) is 12.6 Å². The number of piperidine rings is 1. The molecule has 0 unspecified atom stereocenters. The molecule has 2 fully saturated rings. The fraction of sp³-hybridized carbons (Fsp3) is 0.650. The number of nitrogens with zero attached hydrogens (tertiary/aromatic N) is 1. The molecule has 0 aromatic heterocycles. The quantitative estimate of drug-likeness (QED) is 0.824. The van der Waals surface area contributed by atoms with Crippen molar-refractivity contribution >= 4 is 15.7 Å². The Morgan fingerprint density at radius 3 is 2.64 bits per heavy atom. The summed E-state index contributed by atoms with van der Waals surface area (Å²) < 4.78 is 25.3. The number of sulfone groups is 1. The molecule has 1 aliphatic carbocycles. The zero-order chi connectivity index (χ0) is 18.0. The second kappa shape index (κ2) is 7.48. The summed E-state index contributed by atoms with van der Waals surface area (Å²) in [4.78, 5) is 14.6. The lowest BCUT2D eigenvalue weighted by Crippen LogP contribution is -2.51. The van der Waals surface area contributed by atoms with Crippen LogP contribution in [0.4, 0.5) is 0 Å². The Labute approximate surface area is 151 Å². The summed E-state index contributed by atoms with van der Waals surface area (Å²) in [6.45, 7) is 4.60. The molecule has 138 valence electrons. The molecule has 2 atom stereocenters. The smallest absolute Gasteiger partial charge is 0.238 e. The molecule has 4 nitrogen and oxygen atoms in total. The third-order valence-corrected chi connectivity index (χ3v) is 7.22. The molecule has 1 aliphatic heterocycles. The normalized spacial score (nSPS) is 24.0. The Bertz CT molecular complexity index is 739. The Morgan fingerprint density at radius 2 is 1.84 bits per heavy atom. The fourth-order valence-corrected chi connectivity index (χ4v) is 5.88. The van der Waals surface area contributed by atoms with Gasteiger partial charge in [0.1, 0.15) is 5.75 Å². The van der Waals surface area contributed by atoms with Crippen LogP contribution in [0.25, 0.3) is 0 Å². The lowest BCUT2D eigenvalue weighted by molar-refractivity contribution is -0.134. The van der Waals surface area contributed by atoms with Crippen LogP contribution in [0, 0.1) is 19.8 Å². The Kier molecular flexibility index (Phi) is 5.52. The second-order valence-electron chi connectivity index (χ2n) is 7.80. The minimum Gasteiger partial charge on any atom is -0.339 e. The first kappa shape index (κ1) is 18.4. The van der Waals surface area contributed by atoms with Crippen molar-refractivity contribution in [3.05, 3.63) is 34.9 Å². The van der Waals surface area contributed by atoms with E-state index in [1.807, 2.05) is 36.9 Å². The molecule has 1 saturated heterocycles. The number of fused-ring (bicyclic) bond motifs is 1. The highest BCUT2D eigenvalue weighted by Gasteiger charge is 2.36. The van der Waals surface area contributed by atoms with E-state index < -0.39 is 9.84 Å². The van der Waals surface area contributed by atoms with E-state index in [2.05, 4.69) is 0 Å². The van der Waals surface area contributed by atoms with Gasteiger partial charge in [-0.15, -0.1) is 0 Å². The first-order valence-electron chi connectivity index (χ1n) is 9.42. The lowest BCUT2D eigenvalue weighted by Gasteiger charge is -2.44. The molecule has 1 amide bonds. The van der Waals surface area contributed by atoms with Crippen molar-refractivity contribution < 1.29 is 13.2 Å². The zero-order valence-corrected chi connectivity index (χ0v) is 16.1. The van der Waals surface area contributed by atoms with Gasteiger partial charge in [0.05, 0.1) is 5.75 Å². The summed E-state index contributed by atoms with van der Waals surface area (Å²) in [6.07, 6.45) is 6.80. The molecular weight excluding hydrogens is 334 g/mol. The maximum absolute atomic E-state index is 12.8. The van der Waals surface area contributed by atoms with Gasteiger partial charge in [0.15, 0.2) is 9.84 Å². The highest BCUT2D eigenvalue weighted by atomic mass is 32.2. The van der Waals surface area contributed by atoms with Gasteiger partial charge in [-0.05, 0) is 56.6 Å². The Balaban J connectivity index is 1.69. The number of carbonyl (C=O) groups excluding carboxylic acids is 1. The second-order valence-corrected chi connectivity index (χ2v) is 9.87. The predicted octanol–water partition coefficient (Wildman–Crippen LogP) is 3.40. The lowest BCUT2D eigenvalue weighted by atomic mass is 9.78. The number of hydrogen-bond acceptors (Lipinski definition) is 3. The van der Waals surface area contributed by atoms with E-state index in [1.54, 1.807) is 0 Å². The Hall–Kier alpha value is -1.36. The van der Waals surface area contributed by atoms with Crippen LogP contribution in [0.3, 0.4) is 0 Å². The molecule has 1 heterocycles. The van der Waals surface area contributed by atoms with Crippen molar-refractivity contribution in [3.63, 3.8) is 0 Å². The molecule has 1 saturated carbocycles. The predicted molar refractivity (Wildman–Crippen MR) is 100 cm³/mol. The van der Waals surface area contributed by atoms with Gasteiger partial charge in [0.2, 0.25) is 5.91 Å². The highest BCUT2D eigenvalue weighted by Crippen LogP contribution is 2.35. The van der Waals surface area contributed by atoms with Gasteiger partial charge in [-0.3, -0.25) is 4.79 Å². The van der Waals surface area contributed by atoms with Crippen molar-refractivity contribution in [3.8, 4) is 0 Å². The van der Waals surface area contributed by atoms with Gasteiger partial charge >= 0.3 is 0 Å². The van der Waals surface area contributed by atoms with Gasteiger partial charge in [-0.25, -0.2) is 8.42 Å². The van der Waals surface area contributed by atoms with Crippen molar-refractivity contribution in [1.29, 1.82) is 0 Å². The molecule has 0 spiro atoms. The summed E-state index contributed by atoms with van der Waals surface area (Å²) in [5, 5.41) is 0. The minimum absolute atomic E-state index is 0.0474. The molecule has 0 N–H and O–H groups in total. The van der Waals surface area contributed by atoms with Crippen LogP contribution < -0.4 is 0 Å². The molecular formula is C20H29NO3S. The summed E-state index contributed by atoms with van der Waals surface area (Å²) >= 11 is 0. The first-order valence-corrected chi connectivity index (χ1v) is 11.2. The molecule has 5 heteroatoms. The maximum atomic E-state index is 12.8. The van der Waals surface area contributed by atoms with Crippen LogP contribution in [0.1, 0.15) is 55.2 Å². The van der Waals surface area contributed by atoms with Gasteiger partial charge in [0.25, 0.3) is 0 Å². The van der Waals surface area contributed by atoms with Crippen molar-refractivity contribution in [1.82, 2.24) is 4.90 Å². The van der Waals surface area contributed by atoms with E-state index in [4.69, 9.17) is 0 Å². The molecule has 1 aromatic carbocycles. The fourth-order valence-electron chi connectivity index (χ4n) is 4.45. The van der Waals surface area contributed by atoms with E-state index in [0.29, 0.717) is 5.92 Å². The summed E-state index contributed by atoms with van der Waals surface area (Å²) in [5.74, 6) is -0.0206. The van der Waals surface area contributed by atoms with E-state index in [9.17, 15) is 13.2 Å². The first-order chi connectivity index (χ1) is 11.9. The van der Waals surface area contributed by atoms with E-state index in [-0.39, 0.29) is 23.5 Å². The third kappa shape index (κ3) is 4.43. The maximum Gasteiger partial charge on any atom is 0.238 e. The van der Waals surface area contributed by atoms with Crippen LogP contribution in [-0.4, -0.2) is 37.6 Å². The van der Waals surface area contributed by atoms with Gasteiger partial charge in [-0.1, -0.05) is 36.6 Å². The SMILES string of the molecule is Cc1ccc(C)c(CS(=O)(=O)CC(=O)N2CCC[C@H]3CCCC[C@H]32)c1. The van der Waals surface area contributed by atoms with Gasteiger partial charge in [-0.2, -0.15) is 0 Å². The van der Waals surface area contributed by atoms with Crippen LogP contribution in [-0.2, 0) is 20.4 Å². The minimum atomic E-state index is -3.45. The van der Waals surface area contributed by atoms with E-state index in [1.165, 1.54) is 19.3 Å². The number of carbonyl (C=O) groups is 1. The molecule has 25 heavy (non-hydrogen) atoms. The standard InChI is InChI=1S/C20H29NO3S/c1-15-9-10-16(2)18(12-15)13-25(23,24)14-20(22)21-11-5-7-17-6-3-4-8-19(17)21/h9-10,12,17,19H,3-8,11,13-14H2,1-2H3/t17-,19-/m1/s1. The number of aryl methyl sites for hydroxylation is 2. The molecule has 1 aromatic rings. The largest absolute Gasteiger partial charge is 0.339 e. The summed E-state index contributed by atoms with van der Waals surface area (Å²) in [6, 6.07) is 6.10. The zero-order valence-electron chi connectivity index (χ0n) is 15.3. The number of amides is 1. The average molecular weight is 364 g/mol. The van der Waals surface area contributed by atoms with E-state index in [0.717, 1.165) is 42.5 Å². The van der Waals surface area contributed by atoms with Crippen molar-refractivity contribution in [2.45, 2.75) is 64.2 Å². The van der Waals surface area contributed by atoms with E-state index >= 15 is 0 Å². The molecule has 0 radical (unpaired) electrons. The molecule has 3 rings (SSSR count). The number of likely N-dealkylation sites (tertiary alicyclic amines) is 1. The Morgan fingerprint density at radius 1 is 1.12 bits per heavy atom. The number of hydrogen-bond donors (Lipinski definition) is 0. The number of benzene rings is 1.